The first-order chi connectivity index (χ1) is 8.34. The van der Waals surface area contributed by atoms with Crippen molar-refractivity contribution in [2.24, 2.45) is 15.9 Å². The molecule has 90 valence electrons. The highest BCUT2D eigenvalue weighted by Crippen LogP contribution is 2.09. The van der Waals surface area contributed by atoms with Crippen LogP contribution in [-0.4, -0.2) is 23.2 Å². The Morgan fingerprint density at radius 2 is 2.06 bits per heavy atom. The molecular weight excluding hydrogens is 234 g/mol. The standard InChI is InChI=1S/C12H15N3OS/c13-12-15-14-11(9-17-12)6-7-16-8-10-4-2-1-3-5-10/h1-5H,6-9H2,(H2,13,15). The second-order valence-corrected chi connectivity index (χ2v) is 4.68. The van der Waals surface area contributed by atoms with Crippen LogP contribution >= 0.6 is 11.8 Å². The van der Waals surface area contributed by atoms with Crippen LogP contribution in [0.25, 0.3) is 0 Å². The Morgan fingerprint density at radius 1 is 1.24 bits per heavy atom. The summed E-state index contributed by atoms with van der Waals surface area (Å²) in [5, 5.41) is 8.41. The van der Waals surface area contributed by atoms with E-state index in [0.29, 0.717) is 18.4 Å². The first kappa shape index (κ1) is 12.1. The Morgan fingerprint density at radius 3 is 2.76 bits per heavy atom. The molecule has 2 rings (SSSR count). The SMILES string of the molecule is NC1=NN=C(CCOCc2ccccc2)CS1. The van der Waals surface area contributed by atoms with Crippen LogP contribution in [0.3, 0.4) is 0 Å². The van der Waals surface area contributed by atoms with Gasteiger partial charge in [0.1, 0.15) is 0 Å². The second kappa shape index (κ2) is 6.42. The lowest BCUT2D eigenvalue weighted by Crippen LogP contribution is -2.16. The molecule has 2 N–H and O–H groups in total. The number of benzene rings is 1. The molecule has 1 heterocycles. The van der Waals surface area contributed by atoms with Crippen molar-refractivity contribution in [3.8, 4) is 0 Å². The Bertz CT molecular complexity index is 417. The molecule has 1 aromatic rings. The highest BCUT2D eigenvalue weighted by Gasteiger charge is 2.07. The molecule has 5 heteroatoms. The maximum absolute atomic E-state index is 5.58. The minimum atomic E-state index is 0.541. The molecule has 1 aliphatic rings. The zero-order chi connectivity index (χ0) is 11.9. The lowest BCUT2D eigenvalue weighted by molar-refractivity contribution is 0.127. The van der Waals surface area contributed by atoms with Gasteiger partial charge in [0, 0.05) is 12.2 Å². The van der Waals surface area contributed by atoms with Crippen molar-refractivity contribution in [2.45, 2.75) is 13.0 Å². The first-order valence-corrected chi connectivity index (χ1v) is 6.46. The fourth-order valence-corrected chi connectivity index (χ4v) is 2.03. The number of rotatable bonds is 5. The Balaban J connectivity index is 1.67. The number of ether oxygens (including phenoxy) is 1. The van der Waals surface area contributed by atoms with Crippen LogP contribution in [0.15, 0.2) is 40.5 Å². The summed E-state index contributed by atoms with van der Waals surface area (Å²) in [4.78, 5) is 0. The molecule has 0 saturated carbocycles. The Hall–Kier alpha value is -1.33. The normalized spacial score (nSPS) is 15.3. The fraction of sp³-hybridized carbons (Fsp3) is 0.333. The van der Waals surface area contributed by atoms with Crippen molar-refractivity contribution in [3.63, 3.8) is 0 Å². The van der Waals surface area contributed by atoms with Gasteiger partial charge in [0.25, 0.3) is 0 Å². The van der Waals surface area contributed by atoms with Crippen molar-refractivity contribution < 1.29 is 4.74 Å². The van der Waals surface area contributed by atoms with Crippen molar-refractivity contribution in [1.29, 1.82) is 0 Å². The van der Waals surface area contributed by atoms with Crippen LogP contribution in [0.1, 0.15) is 12.0 Å². The number of hydrogen-bond acceptors (Lipinski definition) is 5. The molecule has 0 fully saturated rings. The van der Waals surface area contributed by atoms with Gasteiger partial charge in [-0.25, -0.2) is 0 Å². The highest BCUT2D eigenvalue weighted by molar-refractivity contribution is 8.14. The number of thioether (sulfide) groups is 1. The van der Waals surface area contributed by atoms with Crippen LogP contribution in [0.2, 0.25) is 0 Å². The van der Waals surface area contributed by atoms with E-state index in [0.717, 1.165) is 17.9 Å². The average molecular weight is 249 g/mol. The van der Waals surface area contributed by atoms with Gasteiger partial charge in [-0.05, 0) is 5.56 Å². The van der Waals surface area contributed by atoms with Crippen LogP contribution in [0.5, 0.6) is 0 Å². The lowest BCUT2D eigenvalue weighted by atomic mass is 10.2. The molecule has 0 aromatic heterocycles. The molecule has 0 unspecified atom stereocenters. The van der Waals surface area contributed by atoms with E-state index in [1.54, 1.807) is 0 Å². The highest BCUT2D eigenvalue weighted by atomic mass is 32.2. The van der Waals surface area contributed by atoms with E-state index in [1.807, 2.05) is 18.2 Å². The predicted octanol–water partition coefficient (Wildman–Crippen LogP) is 2.01. The quantitative estimate of drug-likeness (QED) is 0.812. The third-order valence-corrected chi connectivity index (χ3v) is 3.18. The molecule has 4 nitrogen and oxygen atoms in total. The van der Waals surface area contributed by atoms with Gasteiger partial charge in [-0.1, -0.05) is 42.1 Å². The summed E-state index contributed by atoms with van der Waals surface area (Å²) in [6.45, 7) is 1.32. The fourth-order valence-electron chi connectivity index (χ4n) is 1.41. The summed E-state index contributed by atoms with van der Waals surface area (Å²) in [6, 6.07) is 10.1. The first-order valence-electron chi connectivity index (χ1n) is 5.48. The van der Waals surface area contributed by atoms with Crippen molar-refractivity contribution >= 4 is 22.6 Å². The van der Waals surface area contributed by atoms with E-state index in [9.17, 15) is 0 Å². The molecule has 0 radical (unpaired) electrons. The van der Waals surface area contributed by atoms with Crippen molar-refractivity contribution in [3.05, 3.63) is 35.9 Å². The largest absolute Gasteiger partial charge is 0.377 e. The van der Waals surface area contributed by atoms with E-state index in [2.05, 4.69) is 22.3 Å². The number of nitrogens with zero attached hydrogens (tertiary/aromatic N) is 2. The lowest BCUT2D eigenvalue weighted by Gasteiger charge is -2.09. The molecule has 0 amide bonds. The number of hydrogen-bond donors (Lipinski definition) is 1. The van der Waals surface area contributed by atoms with E-state index in [4.69, 9.17) is 10.5 Å². The maximum atomic E-state index is 5.58. The van der Waals surface area contributed by atoms with E-state index in [1.165, 1.54) is 17.3 Å². The topological polar surface area (TPSA) is 60.0 Å². The van der Waals surface area contributed by atoms with Gasteiger partial charge in [-0.3, -0.25) is 0 Å². The summed E-state index contributed by atoms with van der Waals surface area (Å²) < 4.78 is 5.58. The second-order valence-electron chi connectivity index (χ2n) is 3.68. The van der Waals surface area contributed by atoms with E-state index >= 15 is 0 Å². The minimum absolute atomic E-state index is 0.541. The smallest absolute Gasteiger partial charge is 0.180 e. The number of amidine groups is 1. The Labute approximate surface area is 105 Å². The van der Waals surface area contributed by atoms with Crippen LogP contribution < -0.4 is 5.73 Å². The zero-order valence-corrected chi connectivity index (χ0v) is 10.3. The summed E-state index contributed by atoms with van der Waals surface area (Å²) in [6.07, 6.45) is 0.816. The maximum Gasteiger partial charge on any atom is 0.180 e. The molecule has 0 spiro atoms. The summed E-state index contributed by atoms with van der Waals surface area (Å²) >= 11 is 1.52. The van der Waals surface area contributed by atoms with Gasteiger partial charge in [-0.15, -0.1) is 5.10 Å². The van der Waals surface area contributed by atoms with E-state index in [-0.39, 0.29) is 0 Å². The summed E-state index contributed by atoms with van der Waals surface area (Å²) in [5.74, 6) is 0.823. The molecule has 0 saturated heterocycles. The number of nitrogens with two attached hydrogens (primary N) is 1. The average Bonchev–Trinajstić information content (AvgIpc) is 2.38. The molecule has 0 atom stereocenters. The van der Waals surface area contributed by atoms with Crippen LogP contribution in [0.4, 0.5) is 0 Å². The van der Waals surface area contributed by atoms with Gasteiger partial charge in [0.05, 0.1) is 18.9 Å². The van der Waals surface area contributed by atoms with Crippen LogP contribution in [-0.2, 0) is 11.3 Å². The van der Waals surface area contributed by atoms with E-state index < -0.39 is 0 Å². The third-order valence-electron chi connectivity index (χ3n) is 2.32. The minimum Gasteiger partial charge on any atom is -0.377 e. The monoisotopic (exact) mass is 249 g/mol. The van der Waals surface area contributed by atoms with Crippen molar-refractivity contribution in [2.75, 3.05) is 12.4 Å². The van der Waals surface area contributed by atoms with Gasteiger partial charge in [0.15, 0.2) is 5.17 Å². The molecule has 0 bridgehead atoms. The molecule has 0 aliphatic carbocycles. The zero-order valence-electron chi connectivity index (χ0n) is 9.50. The molecule has 17 heavy (non-hydrogen) atoms. The summed E-state index contributed by atoms with van der Waals surface area (Å²) in [5.41, 5.74) is 7.73. The molecular formula is C12H15N3OS. The van der Waals surface area contributed by atoms with Gasteiger partial charge in [0.2, 0.25) is 0 Å². The van der Waals surface area contributed by atoms with Crippen LogP contribution in [0, 0.1) is 0 Å². The third kappa shape index (κ3) is 4.20. The van der Waals surface area contributed by atoms with Gasteiger partial charge in [-0.2, -0.15) is 5.10 Å². The molecule has 1 aromatic carbocycles. The molecule has 1 aliphatic heterocycles. The van der Waals surface area contributed by atoms with Gasteiger partial charge < -0.3 is 10.5 Å². The predicted molar refractivity (Wildman–Crippen MR) is 72.2 cm³/mol. The van der Waals surface area contributed by atoms with Gasteiger partial charge >= 0.3 is 0 Å². The Kier molecular flexibility index (Phi) is 4.58. The summed E-state index contributed by atoms with van der Waals surface area (Å²) in [7, 11) is 0. The van der Waals surface area contributed by atoms with Crippen molar-refractivity contribution in [1.82, 2.24) is 0 Å².